The number of methoxy groups -OCH3 is 1. The summed E-state index contributed by atoms with van der Waals surface area (Å²) in [4.78, 5) is 36.6. The van der Waals surface area contributed by atoms with Crippen LogP contribution in [0.2, 0.25) is 0 Å². The van der Waals surface area contributed by atoms with Crippen molar-refractivity contribution >= 4 is 52.2 Å². The fourth-order valence-corrected chi connectivity index (χ4v) is 4.44. The number of urea groups is 2. The summed E-state index contributed by atoms with van der Waals surface area (Å²) in [6.45, 7) is 2.34. The minimum atomic E-state index is -4.03. The molecule has 0 aliphatic rings. The van der Waals surface area contributed by atoms with Crippen molar-refractivity contribution in [3.05, 3.63) is 83.9 Å². The van der Waals surface area contributed by atoms with Gasteiger partial charge in [0, 0.05) is 12.2 Å². The Morgan fingerprint density at radius 1 is 0.900 bits per heavy atom. The van der Waals surface area contributed by atoms with E-state index in [9.17, 15) is 22.8 Å². The van der Waals surface area contributed by atoms with Gasteiger partial charge in [-0.2, -0.15) is 0 Å². The second-order valence-corrected chi connectivity index (χ2v) is 10.6. The Labute approximate surface area is 238 Å². The number of amides is 4. The third-order valence-corrected chi connectivity index (χ3v) is 7.29. The van der Waals surface area contributed by atoms with E-state index >= 15 is 0 Å². The fourth-order valence-electron chi connectivity index (χ4n) is 3.33. The number of nitrogens with zero attached hydrogens (tertiary/aromatic N) is 1. The van der Waals surface area contributed by atoms with Crippen LogP contribution >= 0.6 is 12.8 Å². The molecular weight excluding hydrogens is 556 g/mol. The number of anilines is 2. The van der Waals surface area contributed by atoms with Crippen LogP contribution in [0.5, 0.6) is 5.75 Å². The minimum Gasteiger partial charge on any atom is -0.497 e. The molecule has 3 N–H and O–H groups in total. The Bertz CT molecular complexity index is 1410. The number of rotatable bonds is 11. The highest BCUT2D eigenvalue weighted by Gasteiger charge is 2.18. The Morgan fingerprint density at radius 2 is 1.55 bits per heavy atom. The number of carbonyl (C=O) groups is 3. The second kappa shape index (κ2) is 14.2. The zero-order chi connectivity index (χ0) is 29.1. The monoisotopic (exact) mass is 586 g/mol. The lowest BCUT2D eigenvalue weighted by molar-refractivity contribution is 0.0498. The molecule has 212 valence electrons. The van der Waals surface area contributed by atoms with E-state index in [2.05, 4.69) is 23.4 Å². The lowest BCUT2D eigenvalue weighted by atomic mass is 10.2. The van der Waals surface area contributed by atoms with E-state index in [-0.39, 0.29) is 28.8 Å². The molecule has 4 amide bonds. The molecule has 0 saturated carbocycles. The zero-order valence-electron chi connectivity index (χ0n) is 21.9. The topological polar surface area (TPSA) is 143 Å². The third kappa shape index (κ3) is 8.92. The van der Waals surface area contributed by atoms with Gasteiger partial charge in [0.1, 0.15) is 5.75 Å². The smallest absolute Gasteiger partial charge is 0.338 e. The van der Waals surface area contributed by atoms with Crippen LogP contribution in [0.4, 0.5) is 21.0 Å². The van der Waals surface area contributed by atoms with Crippen LogP contribution in [-0.2, 0) is 14.8 Å². The average molecular weight is 587 g/mol. The van der Waals surface area contributed by atoms with Gasteiger partial charge < -0.3 is 20.1 Å². The van der Waals surface area contributed by atoms with Crippen molar-refractivity contribution in [3.8, 4) is 5.75 Å². The summed E-state index contributed by atoms with van der Waals surface area (Å²) >= 11 is 4.21. The number of hydrogen-bond donors (Lipinski definition) is 4. The van der Waals surface area contributed by atoms with Gasteiger partial charge in [-0.25, -0.2) is 31.8 Å². The number of thiol groups is 1. The first-order valence-electron chi connectivity index (χ1n) is 12.2. The van der Waals surface area contributed by atoms with E-state index < -0.39 is 22.0 Å². The Balaban J connectivity index is 1.35. The third-order valence-electron chi connectivity index (χ3n) is 5.53. The van der Waals surface area contributed by atoms with Crippen molar-refractivity contribution in [3.63, 3.8) is 0 Å². The molecule has 0 heterocycles. The molecule has 3 aromatic carbocycles. The molecule has 13 heteroatoms. The summed E-state index contributed by atoms with van der Waals surface area (Å²) in [5, 5.41) is 5.15. The molecule has 0 spiro atoms. The number of sulfonamides is 1. The predicted molar refractivity (Wildman–Crippen MR) is 154 cm³/mol. The fraction of sp³-hybridized carbons (Fsp3) is 0.222. The number of hydrogen-bond acceptors (Lipinski definition) is 8. The van der Waals surface area contributed by atoms with E-state index in [0.29, 0.717) is 30.8 Å². The number of carbonyl (C=O) groups excluding carboxylic acids is 3. The molecule has 0 radical (unpaired) electrons. The summed E-state index contributed by atoms with van der Waals surface area (Å²) in [5.41, 5.74) is 2.02. The van der Waals surface area contributed by atoms with Crippen molar-refractivity contribution in [2.45, 2.75) is 24.7 Å². The van der Waals surface area contributed by atoms with Gasteiger partial charge in [-0.1, -0.05) is 30.5 Å². The van der Waals surface area contributed by atoms with E-state index in [4.69, 9.17) is 9.47 Å². The van der Waals surface area contributed by atoms with Gasteiger partial charge in [0.15, 0.2) is 0 Å². The number of ether oxygens (including phenoxy) is 2. The van der Waals surface area contributed by atoms with Crippen molar-refractivity contribution < 1.29 is 32.3 Å². The highest BCUT2D eigenvalue weighted by Crippen LogP contribution is 2.20. The van der Waals surface area contributed by atoms with E-state index in [1.165, 1.54) is 40.7 Å². The number of unbranched alkanes of at least 4 members (excludes halogenated alkanes) is 1. The van der Waals surface area contributed by atoms with Crippen molar-refractivity contribution in [1.82, 2.24) is 10.0 Å². The molecule has 0 fully saturated rings. The normalized spacial score (nSPS) is 10.8. The minimum absolute atomic E-state index is 0.0361. The molecule has 0 saturated heterocycles. The molecule has 0 bridgehead atoms. The molecule has 0 atom stereocenters. The maximum absolute atomic E-state index is 12.3. The highest BCUT2D eigenvalue weighted by atomic mass is 32.2. The van der Waals surface area contributed by atoms with Gasteiger partial charge in [0.05, 0.1) is 29.9 Å². The van der Waals surface area contributed by atoms with Crippen LogP contribution in [-0.4, -0.2) is 46.7 Å². The maximum Gasteiger partial charge on any atom is 0.338 e. The van der Waals surface area contributed by atoms with Gasteiger partial charge in [-0.15, -0.1) is 0 Å². The van der Waals surface area contributed by atoms with Gasteiger partial charge in [0.2, 0.25) is 0 Å². The van der Waals surface area contributed by atoms with Crippen LogP contribution in [0, 0.1) is 6.92 Å². The standard InChI is InChI=1S/C27H30N4O7S2/c1-19-5-15-24(16-6-19)40(35,36)30-26(33)29-21-9-7-20(8-10-21)25(32)38-18-4-3-17-28-27(34)31(39)22-11-13-23(37-2)14-12-22/h5-16,39H,3-4,17-18H2,1-2H3,(H,28,34)(H2,29,30,33). The number of nitrogens with one attached hydrogen (secondary N) is 3. The number of aryl methyl sites for hydroxylation is 1. The van der Waals surface area contributed by atoms with Gasteiger partial charge in [-0.3, -0.25) is 0 Å². The van der Waals surface area contributed by atoms with Crippen LogP contribution in [0.3, 0.4) is 0 Å². The molecule has 40 heavy (non-hydrogen) atoms. The number of benzene rings is 3. The van der Waals surface area contributed by atoms with E-state index in [0.717, 1.165) is 5.56 Å². The van der Waals surface area contributed by atoms with Gasteiger partial charge in [-0.05, 0) is 80.4 Å². The van der Waals surface area contributed by atoms with Crippen molar-refractivity contribution in [2.75, 3.05) is 29.9 Å². The van der Waals surface area contributed by atoms with Crippen LogP contribution in [0.1, 0.15) is 28.8 Å². The first-order chi connectivity index (χ1) is 19.1. The Kier molecular flexibility index (Phi) is 10.8. The average Bonchev–Trinajstić information content (AvgIpc) is 2.94. The van der Waals surface area contributed by atoms with Crippen molar-refractivity contribution in [1.29, 1.82) is 0 Å². The molecule has 0 aliphatic heterocycles. The summed E-state index contributed by atoms with van der Waals surface area (Å²) < 4.78 is 38.1. The second-order valence-electron chi connectivity index (χ2n) is 8.53. The molecule has 0 unspecified atom stereocenters. The van der Waals surface area contributed by atoms with Crippen LogP contribution in [0.25, 0.3) is 0 Å². The van der Waals surface area contributed by atoms with Crippen molar-refractivity contribution in [2.24, 2.45) is 0 Å². The maximum atomic E-state index is 12.3. The molecule has 0 aromatic heterocycles. The van der Waals surface area contributed by atoms with E-state index in [1.807, 2.05) is 11.6 Å². The number of esters is 1. The molecular formula is C27H30N4O7S2. The molecule has 11 nitrogen and oxygen atoms in total. The molecule has 3 aromatic rings. The quantitative estimate of drug-likeness (QED) is 0.147. The molecule has 0 aliphatic carbocycles. The Hall–Kier alpha value is -4.23. The van der Waals surface area contributed by atoms with Crippen LogP contribution < -0.4 is 24.4 Å². The van der Waals surface area contributed by atoms with Crippen LogP contribution in [0.15, 0.2) is 77.7 Å². The lowest BCUT2D eigenvalue weighted by Crippen LogP contribution is -2.34. The summed E-state index contributed by atoms with van der Waals surface area (Å²) in [7, 11) is -2.47. The predicted octanol–water partition coefficient (Wildman–Crippen LogP) is 4.51. The first-order valence-corrected chi connectivity index (χ1v) is 14.1. The van der Waals surface area contributed by atoms with Gasteiger partial charge >= 0.3 is 18.0 Å². The summed E-state index contributed by atoms with van der Waals surface area (Å²) in [6.07, 6.45) is 1.10. The van der Waals surface area contributed by atoms with Gasteiger partial charge in [0.25, 0.3) is 10.0 Å². The van der Waals surface area contributed by atoms with E-state index in [1.54, 1.807) is 43.5 Å². The molecule has 3 rings (SSSR count). The largest absolute Gasteiger partial charge is 0.497 e. The zero-order valence-corrected chi connectivity index (χ0v) is 23.6. The highest BCUT2D eigenvalue weighted by molar-refractivity contribution is 7.90. The first kappa shape index (κ1) is 30.3. The lowest BCUT2D eigenvalue weighted by Gasteiger charge is -2.16. The summed E-state index contributed by atoms with van der Waals surface area (Å²) in [6, 6.07) is 17.4. The Morgan fingerprint density at radius 3 is 2.17 bits per heavy atom. The SMILES string of the molecule is COc1ccc(N(S)C(=O)NCCCCOC(=O)c2ccc(NC(=O)NS(=O)(=O)c3ccc(C)cc3)cc2)cc1. The summed E-state index contributed by atoms with van der Waals surface area (Å²) in [5.74, 6) is 0.116.